The summed E-state index contributed by atoms with van der Waals surface area (Å²) < 4.78 is 5.27. The molecule has 5 heteroatoms. The Bertz CT molecular complexity index is 587. The van der Waals surface area contributed by atoms with E-state index >= 15 is 0 Å². The van der Waals surface area contributed by atoms with Crippen LogP contribution in [0.2, 0.25) is 0 Å². The highest BCUT2D eigenvalue weighted by atomic mass is 16.4. The third-order valence-electron chi connectivity index (χ3n) is 2.67. The molecule has 18 heavy (non-hydrogen) atoms. The van der Waals surface area contributed by atoms with Crippen LogP contribution in [0.1, 0.15) is 13.3 Å². The van der Waals surface area contributed by atoms with Crippen molar-refractivity contribution < 1.29 is 19.1 Å². The number of fused-ring (bicyclic) bond motifs is 1. The molecule has 0 bridgehead atoms. The fourth-order valence-electron chi connectivity index (χ4n) is 1.64. The van der Waals surface area contributed by atoms with Gasteiger partial charge in [0.05, 0.1) is 11.6 Å². The van der Waals surface area contributed by atoms with Crippen LogP contribution in [0.15, 0.2) is 34.9 Å². The number of carboxylic acid groups (broad SMARTS) is 1. The molecule has 0 fully saturated rings. The molecule has 2 N–H and O–H groups in total. The van der Waals surface area contributed by atoms with Gasteiger partial charge in [-0.1, -0.05) is 19.1 Å². The number of carbonyl (C=O) groups excluding carboxylic acids is 1. The topological polar surface area (TPSA) is 79.5 Å². The van der Waals surface area contributed by atoms with Gasteiger partial charge < -0.3 is 14.8 Å². The standard InChI is InChI=1S/C13H13NO4/c1-8(13(16)17)6-12(15)14-10-7-18-11-5-3-2-4-9(10)11/h2-5,7-8H,6H2,1H3,(H,14,15)(H,16,17). The lowest BCUT2D eigenvalue weighted by atomic mass is 10.1. The number of benzene rings is 1. The summed E-state index contributed by atoms with van der Waals surface area (Å²) in [6.45, 7) is 1.50. The largest absolute Gasteiger partial charge is 0.481 e. The number of rotatable bonds is 4. The first-order chi connectivity index (χ1) is 8.58. The molecule has 1 amide bonds. The predicted molar refractivity (Wildman–Crippen MR) is 66.3 cm³/mol. The summed E-state index contributed by atoms with van der Waals surface area (Å²) >= 11 is 0. The monoisotopic (exact) mass is 247 g/mol. The van der Waals surface area contributed by atoms with Crippen molar-refractivity contribution in [1.82, 2.24) is 0 Å². The Kier molecular flexibility index (Phi) is 3.32. The summed E-state index contributed by atoms with van der Waals surface area (Å²) in [7, 11) is 0. The highest BCUT2D eigenvalue weighted by molar-refractivity contribution is 6.01. The minimum Gasteiger partial charge on any atom is -0.481 e. The summed E-state index contributed by atoms with van der Waals surface area (Å²) in [6.07, 6.45) is 1.39. The first-order valence-electron chi connectivity index (χ1n) is 5.57. The van der Waals surface area contributed by atoms with E-state index < -0.39 is 11.9 Å². The minimum absolute atomic E-state index is 0.0607. The molecule has 0 spiro atoms. The van der Waals surface area contributed by atoms with Crippen LogP contribution in [0.4, 0.5) is 5.69 Å². The lowest BCUT2D eigenvalue weighted by Crippen LogP contribution is -2.19. The zero-order valence-electron chi connectivity index (χ0n) is 9.84. The number of nitrogens with one attached hydrogen (secondary N) is 1. The van der Waals surface area contributed by atoms with Crippen molar-refractivity contribution >= 4 is 28.5 Å². The molecule has 0 aliphatic rings. The number of aliphatic carboxylic acids is 1. The van der Waals surface area contributed by atoms with Crippen molar-refractivity contribution in [2.75, 3.05) is 5.32 Å². The molecule has 1 aromatic carbocycles. The SMILES string of the molecule is CC(CC(=O)Nc1coc2ccccc12)C(=O)O. The third-order valence-corrected chi connectivity index (χ3v) is 2.67. The summed E-state index contributed by atoms with van der Waals surface area (Å²) in [5.74, 6) is -2.03. The quantitative estimate of drug-likeness (QED) is 0.869. The number of hydrogen-bond donors (Lipinski definition) is 2. The average molecular weight is 247 g/mol. The third kappa shape index (κ3) is 2.51. The molecule has 5 nitrogen and oxygen atoms in total. The number of carbonyl (C=O) groups is 2. The van der Waals surface area contributed by atoms with E-state index in [9.17, 15) is 9.59 Å². The second kappa shape index (κ2) is 4.91. The van der Waals surface area contributed by atoms with E-state index in [0.717, 1.165) is 5.39 Å². The van der Waals surface area contributed by atoms with Crippen molar-refractivity contribution in [3.05, 3.63) is 30.5 Å². The molecule has 0 aliphatic carbocycles. The number of carboxylic acids is 1. The van der Waals surface area contributed by atoms with Crippen molar-refractivity contribution in [2.45, 2.75) is 13.3 Å². The summed E-state index contributed by atoms with van der Waals surface area (Å²) in [4.78, 5) is 22.3. The van der Waals surface area contributed by atoms with E-state index in [1.54, 1.807) is 6.07 Å². The van der Waals surface area contributed by atoms with E-state index in [1.807, 2.05) is 18.2 Å². The van der Waals surface area contributed by atoms with Gasteiger partial charge in [0.15, 0.2) is 0 Å². The highest BCUT2D eigenvalue weighted by Gasteiger charge is 2.16. The van der Waals surface area contributed by atoms with E-state index in [-0.39, 0.29) is 12.3 Å². The van der Waals surface area contributed by atoms with Gasteiger partial charge in [-0.05, 0) is 12.1 Å². The molecule has 1 unspecified atom stereocenters. The molecule has 94 valence electrons. The van der Waals surface area contributed by atoms with E-state index in [0.29, 0.717) is 11.3 Å². The minimum atomic E-state index is -0.984. The fourth-order valence-corrected chi connectivity index (χ4v) is 1.64. The van der Waals surface area contributed by atoms with Crippen molar-refractivity contribution in [1.29, 1.82) is 0 Å². The molecule has 0 aliphatic heterocycles. The number of para-hydroxylation sites is 1. The van der Waals surface area contributed by atoms with Crippen LogP contribution < -0.4 is 5.32 Å². The van der Waals surface area contributed by atoms with E-state index in [2.05, 4.69) is 5.32 Å². The maximum atomic E-state index is 11.7. The average Bonchev–Trinajstić information content (AvgIpc) is 2.72. The summed E-state index contributed by atoms with van der Waals surface area (Å²) in [5.41, 5.74) is 1.24. The molecule has 1 atom stereocenters. The zero-order valence-corrected chi connectivity index (χ0v) is 9.84. The number of amides is 1. The van der Waals surface area contributed by atoms with E-state index in [4.69, 9.17) is 9.52 Å². The summed E-state index contributed by atoms with van der Waals surface area (Å²) in [6, 6.07) is 7.30. The Balaban J connectivity index is 2.10. The first-order valence-corrected chi connectivity index (χ1v) is 5.57. The van der Waals surface area contributed by atoms with Crippen molar-refractivity contribution in [3.63, 3.8) is 0 Å². The lowest BCUT2D eigenvalue weighted by molar-refractivity contribution is -0.142. The number of furan rings is 1. The fraction of sp³-hybridized carbons (Fsp3) is 0.231. The van der Waals surface area contributed by atoms with Crippen molar-refractivity contribution in [2.24, 2.45) is 5.92 Å². The normalized spacial score (nSPS) is 12.3. The van der Waals surface area contributed by atoms with Crippen LogP contribution in [0.3, 0.4) is 0 Å². The Morgan fingerprint density at radius 3 is 2.83 bits per heavy atom. The molecule has 1 heterocycles. The van der Waals surface area contributed by atoms with Gasteiger partial charge in [-0.2, -0.15) is 0 Å². The molecule has 0 radical (unpaired) electrons. The molecule has 1 aromatic heterocycles. The Morgan fingerprint density at radius 2 is 2.11 bits per heavy atom. The molecule has 0 saturated heterocycles. The van der Waals surface area contributed by atoms with Crippen LogP contribution >= 0.6 is 0 Å². The smallest absolute Gasteiger partial charge is 0.306 e. The van der Waals surface area contributed by atoms with Crippen molar-refractivity contribution in [3.8, 4) is 0 Å². The number of anilines is 1. The van der Waals surface area contributed by atoms with Gasteiger partial charge in [0.1, 0.15) is 11.8 Å². The molecule has 0 saturated carbocycles. The Labute approximate surface area is 103 Å². The summed E-state index contributed by atoms with van der Waals surface area (Å²) in [5, 5.41) is 12.2. The van der Waals surface area contributed by atoms with Crippen LogP contribution in [0.25, 0.3) is 11.0 Å². The van der Waals surface area contributed by atoms with Gasteiger partial charge in [-0.15, -0.1) is 0 Å². The number of hydrogen-bond acceptors (Lipinski definition) is 3. The lowest BCUT2D eigenvalue weighted by Gasteiger charge is -2.06. The second-order valence-corrected chi connectivity index (χ2v) is 4.14. The van der Waals surface area contributed by atoms with Gasteiger partial charge in [-0.3, -0.25) is 9.59 Å². The maximum absolute atomic E-state index is 11.7. The Hall–Kier alpha value is -2.30. The predicted octanol–water partition coefficient (Wildman–Crippen LogP) is 2.48. The molecular formula is C13H13NO4. The highest BCUT2D eigenvalue weighted by Crippen LogP contribution is 2.25. The van der Waals surface area contributed by atoms with E-state index in [1.165, 1.54) is 13.2 Å². The Morgan fingerprint density at radius 1 is 1.39 bits per heavy atom. The second-order valence-electron chi connectivity index (χ2n) is 4.14. The molecule has 2 aromatic rings. The first kappa shape index (κ1) is 12.2. The van der Waals surface area contributed by atoms with Gasteiger partial charge in [0.2, 0.25) is 5.91 Å². The molecule has 2 rings (SSSR count). The van der Waals surface area contributed by atoms with Gasteiger partial charge in [0.25, 0.3) is 0 Å². The van der Waals surface area contributed by atoms with Crippen LogP contribution in [0.5, 0.6) is 0 Å². The van der Waals surface area contributed by atoms with Crippen LogP contribution in [-0.2, 0) is 9.59 Å². The van der Waals surface area contributed by atoms with Crippen LogP contribution in [-0.4, -0.2) is 17.0 Å². The van der Waals surface area contributed by atoms with Gasteiger partial charge in [0, 0.05) is 11.8 Å². The van der Waals surface area contributed by atoms with Gasteiger partial charge >= 0.3 is 5.97 Å². The zero-order chi connectivity index (χ0) is 13.1. The van der Waals surface area contributed by atoms with Gasteiger partial charge in [-0.25, -0.2) is 0 Å². The van der Waals surface area contributed by atoms with Crippen LogP contribution in [0, 0.1) is 5.92 Å². The maximum Gasteiger partial charge on any atom is 0.306 e. The molecular weight excluding hydrogens is 234 g/mol.